The maximum atomic E-state index is 13.4. The second kappa shape index (κ2) is 5.50. The van der Waals surface area contributed by atoms with E-state index < -0.39 is 5.82 Å². The molecule has 3 N–H and O–H groups in total. The molecule has 4 nitrogen and oxygen atoms in total. The Labute approximate surface area is 115 Å². The molecule has 0 amide bonds. The van der Waals surface area contributed by atoms with Gasteiger partial charge in [-0.3, -0.25) is 0 Å². The van der Waals surface area contributed by atoms with Crippen molar-refractivity contribution in [1.82, 2.24) is 9.97 Å². The summed E-state index contributed by atoms with van der Waals surface area (Å²) in [5.74, 6) is 6.03. The van der Waals surface area contributed by atoms with E-state index in [2.05, 4.69) is 15.4 Å². The Balaban J connectivity index is 2.57. The van der Waals surface area contributed by atoms with E-state index in [1.54, 1.807) is 12.1 Å². The Hall–Kier alpha value is -1.72. The monoisotopic (exact) mass is 280 g/mol. The summed E-state index contributed by atoms with van der Waals surface area (Å²) in [6.07, 6.45) is 0. The van der Waals surface area contributed by atoms with Gasteiger partial charge >= 0.3 is 0 Å². The fourth-order valence-corrected chi connectivity index (χ4v) is 1.87. The molecule has 0 saturated carbocycles. The molecule has 0 radical (unpaired) electrons. The lowest BCUT2D eigenvalue weighted by Crippen LogP contribution is -2.11. The highest BCUT2D eigenvalue weighted by Crippen LogP contribution is 2.24. The van der Waals surface area contributed by atoms with Gasteiger partial charge in [0.25, 0.3) is 0 Å². The average Bonchev–Trinajstić information content (AvgIpc) is 2.37. The lowest BCUT2D eigenvalue weighted by molar-refractivity contribution is 0.628. The number of anilines is 1. The molecule has 0 atom stereocenters. The molecule has 2 aromatic rings. The SMILES string of the molecule is CC(C)c1cc(NN)nc(-c2cc(F)cc(Cl)c2)n1. The van der Waals surface area contributed by atoms with Crippen LogP contribution < -0.4 is 11.3 Å². The summed E-state index contributed by atoms with van der Waals surface area (Å²) >= 11 is 5.84. The topological polar surface area (TPSA) is 63.8 Å². The zero-order valence-corrected chi connectivity index (χ0v) is 11.4. The number of nitrogens with one attached hydrogen (secondary N) is 1. The number of nitrogen functional groups attached to an aromatic ring is 1. The van der Waals surface area contributed by atoms with E-state index in [9.17, 15) is 4.39 Å². The number of halogens is 2. The summed E-state index contributed by atoms with van der Waals surface area (Å²) in [6, 6.07) is 5.95. The van der Waals surface area contributed by atoms with Gasteiger partial charge in [0.05, 0.1) is 0 Å². The molecule has 100 valence electrons. The molecule has 0 unspecified atom stereocenters. The lowest BCUT2D eigenvalue weighted by atomic mass is 10.1. The van der Waals surface area contributed by atoms with Gasteiger partial charge in [0.1, 0.15) is 11.6 Å². The molecule has 0 fully saturated rings. The Kier molecular flexibility index (Phi) is 3.97. The Morgan fingerprint density at radius 3 is 2.53 bits per heavy atom. The molecule has 0 saturated heterocycles. The maximum absolute atomic E-state index is 13.4. The predicted molar refractivity (Wildman–Crippen MR) is 74.3 cm³/mol. The molecule has 0 aliphatic heterocycles. The molecule has 0 bridgehead atoms. The van der Waals surface area contributed by atoms with Crippen LogP contribution in [-0.2, 0) is 0 Å². The van der Waals surface area contributed by atoms with Crippen molar-refractivity contribution in [3.8, 4) is 11.4 Å². The van der Waals surface area contributed by atoms with Crippen LogP contribution >= 0.6 is 11.6 Å². The zero-order valence-electron chi connectivity index (χ0n) is 10.6. The molecule has 1 heterocycles. The van der Waals surface area contributed by atoms with Gasteiger partial charge < -0.3 is 5.43 Å². The fourth-order valence-electron chi connectivity index (χ4n) is 1.65. The van der Waals surface area contributed by atoms with Crippen molar-refractivity contribution in [1.29, 1.82) is 0 Å². The highest BCUT2D eigenvalue weighted by Gasteiger charge is 2.10. The van der Waals surface area contributed by atoms with Gasteiger partial charge in [-0.15, -0.1) is 0 Å². The summed E-state index contributed by atoms with van der Waals surface area (Å²) in [5.41, 5.74) is 3.82. The van der Waals surface area contributed by atoms with E-state index in [1.807, 2.05) is 13.8 Å². The van der Waals surface area contributed by atoms with Crippen molar-refractivity contribution < 1.29 is 4.39 Å². The van der Waals surface area contributed by atoms with Crippen molar-refractivity contribution in [3.63, 3.8) is 0 Å². The standard InChI is InChI=1S/C13H14ClFN4/c1-7(2)11-6-12(19-16)18-13(17-11)8-3-9(14)5-10(15)4-8/h3-7H,16H2,1-2H3,(H,17,18,19). The third-order valence-corrected chi connectivity index (χ3v) is 2.82. The van der Waals surface area contributed by atoms with E-state index >= 15 is 0 Å². The van der Waals surface area contributed by atoms with Crippen molar-refractivity contribution in [2.75, 3.05) is 5.43 Å². The van der Waals surface area contributed by atoms with Crippen LogP contribution in [0.1, 0.15) is 25.5 Å². The second-order valence-electron chi connectivity index (χ2n) is 4.46. The summed E-state index contributed by atoms with van der Waals surface area (Å²) < 4.78 is 13.4. The van der Waals surface area contributed by atoms with Gasteiger partial charge in [0.15, 0.2) is 5.82 Å². The predicted octanol–water partition coefficient (Wildman–Crippen LogP) is 3.35. The Bertz CT molecular complexity index is 581. The summed E-state index contributed by atoms with van der Waals surface area (Å²) in [7, 11) is 0. The van der Waals surface area contributed by atoms with E-state index in [0.717, 1.165) is 5.69 Å². The molecular formula is C13H14ClFN4. The molecule has 0 aliphatic carbocycles. The summed E-state index contributed by atoms with van der Waals surface area (Å²) in [4.78, 5) is 8.62. The van der Waals surface area contributed by atoms with Crippen molar-refractivity contribution in [2.45, 2.75) is 19.8 Å². The first-order valence-electron chi connectivity index (χ1n) is 5.81. The van der Waals surface area contributed by atoms with Crippen LogP contribution in [0.3, 0.4) is 0 Å². The number of nitrogens with zero attached hydrogens (tertiary/aromatic N) is 2. The van der Waals surface area contributed by atoms with Gasteiger partial charge in [0.2, 0.25) is 0 Å². The molecule has 19 heavy (non-hydrogen) atoms. The Morgan fingerprint density at radius 2 is 1.95 bits per heavy atom. The molecule has 1 aromatic heterocycles. The third kappa shape index (κ3) is 3.19. The molecule has 1 aromatic carbocycles. The van der Waals surface area contributed by atoms with Crippen LogP contribution in [0, 0.1) is 5.82 Å². The average molecular weight is 281 g/mol. The minimum Gasteiger partial charge on any atom is -0.308 e. The van der Waals surface area contributed by atoms with Gasteiger partial charge in [-0.2, -0.15) is 0 Å². The van der Waals surface area contributed by atoms with E-state index in [-0.39, 0.29) is 5.92 Å². The highest BCUT2D eigenvalue weighted by atomic mass is 35.5. The maximum Gasteiger partial charge on any atom is 0.161 e. The number of nitrogens with two attached hydrogens (primary N) is 1. The molecule has 6 heteroatoms. The van der Waals surface area contributed by atoms with Gasteiger partial charge in [0, 0.05) is 22.3 Å². The van der Waals surface area contributed by atoms with Crippen LogP contribution in [0.15, 0.2) is 24.3 Å². The summed E-state index contributed by atoms with van der Waals surface area (Å²) in [6.45, 7) is 4.01. The van der Waals surface area contributed by atoms with Crippen molar-refractivity contribution in [2.24, 2.45) is 5.84 Å². The van der Waals surface area contributed by atoms with Crippen LogP contribution in [-0.4, -0.2) is 9.97 Å². The number of benzene rings is 1. The third-order valence-electron chi connectivity index (χ3n) is 2.61. The molecule has 2 rings (SSSR count). The lowest BCUT2D eigenvalue weighted by Gasteiger charge is -2.10. The number of rotatable bonds is 3. The van der Waals surface area contributed by atoms with E-state index in [0.29, 0.717) is 22.2 Å². The van der Waals surface area contributed by atoms with Crippen LogP contribution in [0.4, 0.5) is 10.2 Å². The number of aromatic nitrogens is 2. The first-order chi connectivity index (χ1) is 8.99. The number of hydrazine groups is 1. The minimum absolute atomic E-state index is 0.206. The largest absolute Gasteiger partial charge is 0.308 e. The quantitative estimate of drug-likeness (QED) is 0.668. The second-order valence-corrected chi connectivity index (χ2v) is 4.90. The fraction of sp³-hybridized carbons (Fsp3) is 0.231. The van der Waals surface area contributed by atoms with Crippen molar-refractivity contribution in [3.05, 3.63) is 40.8 Å². The number of hydrogen-bond donors (Lipinski definition) is 2. The van der Waals surface area contributed by atoms with Gasteiger partial charge in [-0.25, -0.2) is 20.2 Å². The molecule has 0 aliphatic rings. The van der Waals surface area contributed by atoms with E-state index in [4.69, 9.17) is 17.4 Å². The first kappa shape index (κ1) is 13.7. The highest BCUT2D eigenvalue weighted by molar-refractivity contribution is 6.30. The Morgan fingerprint density at radius 1 is 1.21 bits per heavy atom. The first-order valence-corrected chi connectivity index (χ1v) is 6.19. The van der Waals surface area contributed by atoms with Gasteiger partial charge in [-0.1, -0.05) is 25.4 Å². The van der Waals surface area contributed by atoms with Gasteiger partial charge in [-0.05, 0) is 24.1 Å². The van der Waals surface area contributed by atoms with Crippen LogP contribution in [0.5, 0.6) is 0 Å². The zero-order chi connectivity index (χ0) is 14.0. The van der Waals surface area contributed by atoms with Crippen LogP contribution in [0.25, 0.3) is 11.4 Å². The summed E-state index contributed by atoms with van der Waals surface area (Å²) in [5, 5.41) is 0.302. The molecular weight excluding hydrogens is 267 g/mol. The van der Waals surface area contributed by atoms with Crippen LogP contribution in [0.2, 0.25) is 5.02 Å². The van der Waals surface area contributed by atoms with E-state index in [1.165, 1.54) is 12.1 Å². The number of hydrogen-bond acceptors (Lipinski definition) is 4. The minimum atomic E-state index is -0.427. The molecule has 0 spiro atoms. The normalized spacial score (nSPS) is 10.8. The smallest absolute Gasteiger partial charge is 0.161 e. The van der Waals surface area contributed by atoms with Crippen molar-refractivity contribution >= 4 is 17.4 Å².